The summed E-state index contributed by atoms with van der Waals surface area (Å²) in [6.07, 6.45) is 2.97. The minimum atomic E-state index is -3.49. The maximum atomic E-state index is 15.4. The summed E-state index contributed by atoms with van der Waals surface area (Å²) in [5.41, 5.74) is 1.11. The highest BCUT2D eigenvalue weighted by Crippen LogP contribution is 2.72. The van der Waals surface area contributed by atoms with Crippen LogP contribution in [0, 0.1) is 17.8 Å². The molecule has 186 valence electrons. The Hall–Kier alpha value is -1.45. The van der Waals surface area contributed by atoms with Gasteiger partial charge in [-0.2, -0.15) is 0 Å². The van der Waals surface area contributed by atoms with Gasteiger partial charge in [0.15, 0.2) is 0 Å². The van der Waals surface area contributed by atoms with Crippen LogP contribution in [0.25, 0.3) is 0 Å². The summed E-state index contributed by atoms with van der Waals surface area (Å²) in [4.78, 5) is 0. The van der Waals surface area contributed by atoms with Crippen LogP contribution in [0.5, 0.6) is 0 Å². The maximum absolute atomic E-state index is 15.4. The number of aliphatic hydroxyl groups excluding tert-OH is 1. The number of rotatable bonds is 7. The van der Waals surface area contributed by atoms with E-state index in [1.165, 1.54) is 6.42 Å². The zero-order chi connectivity index (χ0) is 24.5. The summed E-state index contributed by atoms with van der Waals surface area (Å²) in [5, 5.41) is 11.6. The van der Waals surface area contributed by atoms with E-state index in [9.17, 15) is 5.11 Å². The van der Waals surface area contributed by atoms with Crippen LogP contribution >= 0.6 is 7.52 Å². The van der Waals surface area contributed by atoms with E-state index in [2.05, 4.69) is 51.4 Å². The second-order valence-electron chi connectivity index (χ2n) is 11.5. The highest BCUT2D eigenvalue weighted by Gasteiger charge is 2.59. The number of hydrogen-bond acceptors (Lipinski definition) is 3. The van der Waals surface area contributed by atoms with Crippen molar-refractivity contribution < 1.29 is 14.2 Å². The molecule has 1 saturated heterocycles. The number of benzene rings is 2. The van der Waals surface area contributed by atoms with Gasteiger partial charge in [0, 0.05) is 18.0 Å². The van der Waals surface area contributed by atoms with Crippen molar-refractivity contribution in [2.45, 2.75) is 90.3 Å². The fourth-order valence-electron chi connectivity index (χ4n) is 6.22. The van der Waals surface area contributed by atoms with Gasteiger partial charge in [-0.05, 0) is 56.1 Å². The molecule has 4 nitrogen and oxygen atoms in total. The average Bonchev–Trinajstić information content (AvgIpc) is 2.77. The lowest BCUT2D eigenvalue weighted by molar-refractivity contribution is -0.0555. The molecule has 1 aliphatic heterocycles. The molecule has 5 heteroatoms. The van der Waals surface area contributed by atoms with Crippen LogP contribution in [0.15, 0.2) is 60.7 Å². The molecule has 1 heterocycles. The SMILES string of the molecule is CC(C)C[C@@H](O)[C@H](c1ccccc1)[P@]1(=O)O[C@@H]2C[C@H](C)CC[C@H]2C(C)(C)N1Cc1ccccc1. The van der Waals surface area contributed by atoms with Crippen molar-refractivity contribution in [1.82, 2.24) is 4.67 Å². The third kappa shape index (κ3) is 5.07. The van der Waals surface area contributed by atoms with Crippen molar-refractivity contribution in [3.63, 3.8) is 0 Å². The van der Waals surface area contributed by atoms with Gasteiger partial charge in [0.05, 0.1) is 12.2 Å². The van der Waals surface area contributed by atoms with E-state index in [1.54, 1.807) is 0 Å². The second kappa shape index (κ2) is 10.3. The van der Waals surface area contributed by atoms with Crippen molar-refractivity contribution in [2.24, 2.45) is 17.8 Å². The monoisotopic (exact) mass is 483 g/mol. The summed E-state index contributed by atoms with van der Waals surface area (Å²) in [7, 11) is -3.49. The molecule has 0 unspecified atom stereocenters. The molecule has 2 aromatic rings. The molecule has 1 saturated carbocycles. The molecular formula is C29H42NO3P. The molecule has 0 bridgehead atoms. The summed E-state index contributed by atoms with van der Waals surface area (Å²) < 4.78 is 24.4. The van der Waals surface area contributed by atoms with Crippen LogP contribution in [0.4, 0.5) is 0 Å². The molecule has 1 N–H and O–H groups in total. The van der Waals surface area contributed by atoms with Crippen LogP contribution in [0.1, 0.15) is 77.1 Å². The van der Waals surface area contributed by atoms with Crippen LogP contribution in [-0.4, -0.2) is 27.5 Å². The highest BCUT2D eigenvalue weighted by atomic mass is 31.2. The van der Waals surface area contributed by atoms with Gasteiger partial charge >= 0.3 is 0 Å². The Morgan fingerprint density at radius 3 is 2.29 bits per heavy atom. The van der Waals surface area contributed by atoms with Gasteiger partial charge in [0.2, 0.25) is 0 Å². The second-order valence-corrected chi connectivity index (χ2v) is 13.9. The highest BCUT2D eigenvalue weighted by molar-refractivity contribution is 7.57. The van der Waals surface area contributed by atoms with Gasteiger partial charge in [-0.25, -0.2) is 4.67 Å². The first-order chi connectivity index (χ1) is 16.1. The predicted molar refractivity (Wildman–Crippen MR) is 140 cm³/mol. The number of nitrogens with zero attached hydrogens (tertiary/aromatic N) is 1. The Bertz CT molecular complexity index is 977. The van der Waals surface area contributed by atoms with Crippen molar-refractivity contribution in [3.05, 3.63) is 71.8 Å². The third-order valence-corrected chi connectivity index (χ3v) is 11.2. The molecule has 2 aromatic carbocycles. The van der Waals surface area contributed by atoms with Crippen LogP contribution in [0.3, 0.4) is 0 Å². The molecule has 0 amide bonds. The number of fused-ring (bicyclic) bond motifs is 1. The first-order valence-corrected chi connectivity index (χ1v) is 14.6. The lowest BCUT2D eigenvalue weighted by Crippen LogP contribution is -2.58. The summed E-state index contributed by atoms with van der Waals surface area (Å²) in [6, 6.07) is 20.2. The molecule has 2 aliphatic rings. The van der Waals surface area contributed by atoms with Crippen molar-refractivity contribution in [2.75, 3.05) is 0 Å². The normalized spacial score (nSPS) is 31.1. The molecule has 0 aromatic heterocycles. The quantitative estimate of drug-likeness (QED) is 0.416. The van der Waals surface area contributed by atoms with Crippen LogP contribution in [-0.2, 0) is 15.6 Å². The van der Waals surface area contributed by atoms with E-state index in [0.29, 0.717) is 24.8 Å². The number of aliphatic hydroxyl groups is 1. The number of hydrogen-bond donors (Lipinski definition) is 1. The smallest absolute Gasteiger partial charge is 0.283 e. The van der Waals surface area contributed by atoms with Gasteiger partial charge in [-0.3, -0.25) is 4.57 Å². The first kappa shape index (κ1) is 25.6. The fraction of sp³-hybridized carbons (Fsp3) is 0.586. The van der Waals surface area contributed by atoms with Gasteiger partial charge < -0.3 is 9.63 Å². The molecule has 1 aliphatic carbocycles. The lowest BCUT2D eigenvalue weighted by atomic mass is 9.71. The zero-order valence-corrected chi connectivity index (χ0v) is 22.3. The topological polar surface area (TPSA) is 49.8 Å². The van der Waals surface area contributed by atoms with Crippen molar-refractivity contribution in [3.8, 4) is 0 Å². The minimum Gasteiger partial charge on any atom is -0.392 e. The van der Waals surface area contributed by atoms with Gasteiger partial charge in [-0.1, -0.05) is 87.9 Å². The Morgan fingerprint density at radius 2 is 1.68 bits per heavy atom. The molecule has 2 fully saturated rings. The zero-order valence-electron chi connectivity index (χ0n) is 21.4. The van der Waals surface area contributed by atoms with Gasteiger partial charge in [-0.15, -0.1) is 0 Å². The Labute approximate surface area is 206 Å². The van der Waals surface area contributed by atoms with Gasteiger partial charge in [0.25, 0.3) is 7.52 Å². The molecule has 0 radical (unpaired) electrons. The van der Waals surface area contributed by atoms with E-state index in [1.807, 2.05) is 48.5 Å². The first-order valence-electron chi connectivity index (χ1n) is 13.0. The molecule has 4 rings (SSSR count). The summed E-state index contributed by atoms with van der Waals surface area (Å²) in [6.45, 7) is 11.5. The fourth-order valence-corrected chi connectivity index (χ4v) is 9.72. The molecule has 0 spiro atoms. The van der Waals surface area contributed by atoms with E-state index < -0.39 is 19.3 Å². The van der Waals surface area contributed by atoms with E-state index in [-0.39, 0.29) is 17.6 Å². The van der Waals surface area contributed by atoms with Gasteiger partial charge in [0.1, 0.15) is 5.66 Å². The summed E-state index contributed by atoms with van der Waals surface area (Å²) >= 11 is 0. The largest absolute Gasteiger partial charge is 0.392 e. The van der Waals surface area contributed by atoms with Crippen LogP contribution < -0.4 is 0 Å². The Morgan fingerprint density at radius 1 is 1.06 bits per heavy atom. The molecule has 34 heavy (non-hydrogen) atoms. The van der Waals surface area contributed by atoms with Crippen molar-refractivity contribution in [1.29, 1.82) is 0 Å². The van der Waals surface area contributed by atoms with E-state index >= 15 is 4.57 Å². The molecule has 6 atom stereocenters. The maximum Gasteiger partial charge on any atom is 0.283 e. The Kier molecular flexibility index (Phi) is 7.74. The van der Waals surface area contributed by atoms with Crippen LogP contribution in [0.2, 0.25) is 0 Å². The minimum absolute atomic E-state index is 0.0472. The third-order valence-electron chi connectivity index (χ3n) is 7.99. The predicted octanol–water partition coefficient (Wildman–Crippen LogP) is 7.44. The molecular weight excluding hydrogens is 441 g/mol. The lowest BCUT2D eigenvalue weighted by Gasteiger charge is -2.58. The standard InChI is InChI=1S/C29H42NO3P/c1-21(2)18-26(31)28(24-14-10-7-11-15-24)34(32)30(20-23-12-8-6-9-13-23)29(4,5)25-17-16-22(3)19-27(25)33-34/h6-15,21-22,25-28,31H,16-20H2,1-5H3/t22-,25-,26-,27-,28+,34+/m1/s1. The van der Waals surface area contributed by atoms with Crippen molar-refractivity contribution >= 4 is 7.52 Å². The Balaban J connectivity index is 1.85. The van der Waals surface area contributed by atoms with E-state index in [4.69, 9.17) is 4.52 Å². The average molecular weight is 484 g/mol. The summed E-state index contributed by atoms with van der Waals surface area (Å²) in [5.74, 6) is 1.16. The van der Waals surface area contributed by atoms with E-state index in [0.717, 1.165) is 24.0 Å².